The van der Waals surface area contributed by atoms with E-state index < -0.39 is 0 Å². The monoisotopic (exact) mass is 262 g/mol. The van der Waals surface area contributed by atoms with Gasteiger partial charge in [-0.15, -0.1) is 0 Å². The van der Waals surface area contributed by atoms with E-state index in [9.17, 15) is 9.90 Å². The van der Waals surface area contributed by atoms with Crippen LogP contribution in [0.5, 0.6) is 5.75 Å². The lowest BCUT2D eigenvalue weighted by molar-refractivity contribution is 0.0966. The van der Waals surface area contributed by atoms with Crippen LogP contribution in [-0.4, -0.2) is 10.9 Å². The predicted molar refractivity (Wildman–Crippen MR) is 79.8 cm³/mol. The fourth-order valence-corrected chi connectivity index (χ4v) is 1.94. The predicted octanol–water partition coefficient (Wildman–Crippen LogP) is 4.70. The molecule has 1 aromatic carbocycles. The normalized spacial score (nSPS) is 12.5. The molecular formula is C17H26O2. The Labute approximate surface area is 116 Å². The van der Waals surface area contributed by atoms with Crippen molar-refractivity contribution in [2.75, 3.05) is 0 Å². The van der Waals surface area contributed by atoms with E-state index in [0.29, 0.717) is 12.0 Å². The Morgan fingerprint density at radius 3 is 2.16 bits per heavy atom. The Bertz CT molecular complexity index is 459. The van der Waals surface area contributed by atoms with Gasteiger partial charge in [-0.05, 0) is 41.0 Å². The number of hydrogen-bond acceptors (Lipinski definition) is 2. The molecule has 106 valence electrons. The van der Waals surface area contributed by atoms with Gasteiger partial charge < -0.3 is 5.11 Å². The molecule has 0 amide bonds. The molecule has 2 nitrogen and oxygen atoms in total. The van der Waals surface area contributed by atoms with Gasteiger partial charge in [0.1, 0.15) is 5.75 Å². The second-order valence-corrected chi connectivity index (χ2v) is 7.47. The molecule has 19 heavy (non-hydrogen) atoms. The molecule has 0 unspecified atom stereocenters. The minimum absolute atomic E-state index is 0.153. The number of ketones is 1. The highest BCUT2D eigenvalue weighted by Gasteiger charge is 2.20. The number of carbonyl (C=O) groups is 1. The van der Waals surface area contributed by atoms with Crippen molar-refractivity contribution in [2.45, 2.75) is 59.8 Å². The maximum Gasteiger partial charge on any atom is 0.162 e. The molecule has 0 fully saturated rings. The van der Waals surface area contributed by atoms with Gasteiger partial charge in [-0.1, -0.05) is 41.5 Å². The lowest BCUT2D eigenvalue weighted by atomic mass is 9.84. The summed E-state index contributed by atoms with van der Waals surface area (Å²) >= 11 is 0. The van der Waals surface area contributed by atoms with Gasteiger partial charge in [0.15, 0.2) is 5.78 Å². The summed E-state index contributed by atoms with van der Waals surface area (Å²) in [5.74, 6) is 0.417. The van der Waals surface area contributed by atoms with Gasteiger partial charge in [-0.2, -0.15) is 0 Å². The zero-order valence-electron chi connectivity index (χ0n) is 13.0. The topological polar surface area (TPSA) is 37.3 Å². The van der Waals surface area contributed by atoms with Gasteiger partial charge >= 0.3 is 0 Å². The average Bonchev–Trinajstić information content (AvgIpc) is 2.24. The summed E-state index contributed by atoms with van der Waals surface area (Å²) in [5, 5.41) is 9.90. The van der Waals surface area contributed by atoms with Crippen molar-refractivity contribution in [3.8, 4) is 5.75 Å². The maximum atomic E-state index is 12.2. The second kappa shape index (κ2) is 5.36. The third-order valence-corrected chi connectivity index (χ3v) is 3.23. The lowest BCUT2D eigenvalue weighted by Crippen LogP contribution is -2.13. The number of phenols is 1. The quantitative estimate of drug-likeness (QED) is 0.802. The number of phenolic OH excluding ortho intramolecular Hbond substituents is 1. The molecule has 0 saturated heterocycles. The first-order valence-electron chi connectivity index (χ1n) is 6.87. The summed E-state index contributed by atoms with van der Waals surface area (Å²) in [6, 6.07) is 5.18. The molecule has 0 bridgehead atoms. The number of benzene rings is 1. The highest BCUT2D eigenvalue weighted by atomic mass is 16.3. The third-order valence-electron chi connectivity index (χ3n) is 3.23. The second-order valence-electron chi connectivity index (χ2n) is 7.47. The number of aromatic hydroxyl groups is 1. The Hall–Kier alpha value is -1.31. The zero-order chi connectivity index (χ0) is 14.8. The van der Waals surface area contributed by atoms with E-state index in [2.05, 4.69) is 20.8 Å². The van der Waals surface area contributed by atoms with Crippen molar-refractivity contribution in [2.24, 2.45) is 5.41 Å². The van der Waals surface area contributed by atoms with E-state index in [1.165, 1.54) is 0 Å². The molecule has 1 aromatic rings. The highest BCUT2D eigenvalue weighted by Crippen LogP contribution is 2.32. The Balaban J connectivity index is 2.94. The van der Waals surface area contributed by atoms with Crippen LogP contribution in [0.2, 0.25) is 0 Å². The van der Waals surface area contributed by atoms with Gasteiger partial charge in [0, 0.05) is 12.0 Å². The van der Waals surface area contributed by atoms with Crippen molar-refractivity contribution >= 4 is 5.78 Å². The number of Topliss-reactive ketones (excluding diaryl/α,β-unsaturated/α-hetero) is 1. The van der Waals surface area contributed by atoms with Gasteiger partial charge in [0.05, 0.1) is 0 Å². The SMILES string of the molecule is CC(C)(C)CCC(=O)c1ccc(O)c(C(C)(C)C)c1. The van der Waals surface area contributed by atoms with Crippen LogP contribution in [0.25, 0.3) is 0 Å². The first kappa shape index (κ1) is 15.7. The average molecular weight is 262 g/mol. The maximum absolute atomic E-state index is 12.2. The summed E-state index contributed by atoms with van der Waals surface area (Å²) in [7, 11) is 0. The first-order valence-corrected chi connectivity index (χ1v) is 6.87. The summed E-state index contributed by atoms with van der Waals surface area (Å²) < 4.78 is 0. The van der Waals surface area contributed by atoms with Crippen molar-refractivity contribution in [3.63, 3.8) is 0 Å². The molecule has 0 aromatic heterocycles. The van der Waals surface area contributed by atoms with Crippen molar-refractivity contribution in [1.82, 2.24) is 0 Å². The van der Waals surface area contributed by atoms with E-state index in [1.807, 2.05) is 26.8 Å². The number of hydrogen-bond donors (Lipinski definition) is 1. The Morgan fingerprint density at radius 1 is 1.11 bits per heavy atom. The smallest absolute Gasteiger partial charge is 0.162 e. The molecule has 2 heteroatoms. The molecule has 1 N–H and O–H groups in total. The van der Waals surface area contributed by atoms with Crippen LogP contribution in [0.3, 0.4) is 0 Å². The highest BCUT2D eigenvalue weighted by molar-refractivity contribution is 5.96. The molecule has 0 aliphatic rings. The van der Waals surface area contributed by atoms with Crippen LogP contribution < -0.4 is 0 Å². The van der Waals surface area contributed by atoms with Crippen molar-refractivity contribution < 1.29 is 9.90 Å². The number of carbonyl (C=O) groups excluding carboxylic acids is 1. The Morgan fingerprint density at radius 2 is 1.68 bits per heavy atom. The molecule has 0 aliphatic carbocycles. The van der Waals surface area contributed by atoms with E-state index in [-0.39, 0.29) is 22.4 Å². The fraction of sp³-hybridized carbons (Fsp3) is 0.588. The van der Waals surface area contributed by atoms with E-state index >= 15 is 0 Å². The molecule has 0 atom stereocenters. The van der Waals surface area contributed by atoms with E-state index in [0.717, 1.165) is 12.0 Å². The molecule has 0 aliphatic heterocycles. The van der Waals surface area contributed by atoms with E-state index in [4.69, 9.17) is 0 Å². The molecule has 0 saturated carbocycles. The molecule has 0 heterocycles. The summed E-state index contributed by atoms with van der Waals surface area (Å²) in [6.45, 7) is 12.5. The summed E-state index contributed by atoms with van der Waals surface area (Å²) in [6.07, 6.45) is 1.43. The molecule has 0 radical (unpaired) electrons. The third kappa shape index (κ3) is 4.70. The van der Waals surface area contributed by atoms with Crippen molar-refractivity contribution in [3.05, 3.63) is 29.3 Å². The standard InChI is InChI=1S/C17H26O2/c1-16(2,3)10-9-14(18)12-7-8-15(19)13(11-12)17(4,5)6/h7-8,11,19H,9-10H2,1-6H3. The van der Waals surface area contributed by atoms with Crippen LogP contribution in [-0.2, 0) is 5.41 Å². The van der Waals surface area contributed by atoms with Gasteiger partial charge in [-0.25, -0.2) is 0 Å². The Kier molecular flexibility index (Phi) is 4.44. The summed E-state index contributed by atoms with van der Waals surface area (Å²) in [5.41, 5.74) is 1.53. The molecular weight excluding hydrogens is 236 g/mol. The van der Waals surface area contributed by atoms with Crippen molar-refractivity contribution in [1.29, 1.82) is 0 Å². The minimum atomic E-state index is -0.162. The molecule has 0 spiro atoms. The number of rotatable bonds is 3. The van der Waals surface area contributed by atoms with E-state index in [1.54, 1.807) is 12.1 Å². The van der Waals surface area contributed by atoms with Gasteiger partial charge in [0.25, 0.3) is 0 Å². The zero-order valence-corrected chi connectivity index (χ0v) is 13.0. The van der Waals surface area contributed by atoms with Crippen LogP contribution in [0.4, 0.5) is 0 Å². The largest absolute Gasteiger partial charge is 0.508 e. The van der Waals surface area contributed by atoms with Crippen LogP contribution in [0, 0.1) is 5.41 Å². The van der Waals surface area contributed by atoms with Crippen LogP contribution in [0.15, 0.2) is 18.2 Å². The minimum Gasteiger partial charge on any atom is -0.508 e. The van der Waals surface area contributed by atoms with Crippen LogP contribution >= 0.6 is 0 Å². The fourth-order valence-electron chi connectivity index (χ4n) is 1.94. The first-order chi connectivity index (χ1) is 8.50. The summed E-state index contributed by atoms with van der Waals surface area (Å²) in [4.78, 5) is 12.2. The van der Waals surface area contributed by atoms with Gasteiger partial charge in [-0.3, -0.25) is 4.79 Å². The van der Waals surface area contributed by atoms with Gasteiger partial charge in [0.2, 0.25) is 0 Å². The lowest BCUT2D eigenvalue weighted by Gasteiger charge is -2.21. The van der Waals surface area contributed by atoms with Crippen LogP contribution in [0.1, 0.15) is 70.3 Å². The molecule has 1 rings (SSSR count).